The van der Waals surface area contributed by atoms with Crippen LogP contribution < -0.4 is 0 Å². The fourth-order valence-corrected chi connectivity index (χ4v) is 8.95. The average molecular weight is 677 g/mol. The lowest BCUT2D eigenvalue weighted by Crippen LogP contribution is -2.63. The molecule has 0 spiro atoms. The summed E-state index contributed by atoms with van der Waals surface area (Å²) in [5.74, 6) is -0.726. The number of hydrogen-bond acceptors (Lipinski definition) is 7. The van der Waals surface area contributed by atoms with Gasteiger partial charge in [-0.25, -0.2) is 0 Å². The summed E-state index contributed by atoms with van der Waals surface area (Å²) in [4.78, 5) is 38.7. The second-order valence-corrected chi connectivity index (χ2v) is 16.0. The summed E-state index contributed by atoms with van der Waals surface area (Å²) >= 11 is 0. The van der Waals surface area contributed by atoms with Crippen LogP contribution >= 0.6 is 8.20 Å². The number of aliphatic hydroxyl groups excluding tert-OH is 1. The highest BCUT2D eigenvalue weighted by atomic mass is 31.1. The molecule has 47 heavy (non-hydrogen) atoms. The Balaban J connectivity index is 0.000000768. The fraction of sp³-hybridized carbons (Fsp3) is 0.795. The zero-order valence-electron chi connectivity index (χ0n) is 31.1. The SMILES string of the molecule is C=PC(C)CCC(C)C(=O)OCC(=O)C12OCOC1CC1C3CCC4=CC(=O)C=CC4(C)C3C(O)CC12C.CCC.CCC.CCC. The van der Waals surface area contributed by atoms with Gasteiger partial charge in [0, 0.05) is 16.7 Å². The quantitative estimate of drug-likeness (QED) is 0.203. The van der Waals surface area contributed by atoms with Crippen molar-refractivity contribution in [1.29, 1.82) is 0 Å². The molecule has 10 atom stereocenters. The predicted molar refractivity (Wildman–Crippen MR) is 193 cm³/mol. The molecule has 0 amide bonds. The number of ketones is 2. The number of hydrogen-bond donors (Lipinski definition) is 1. The minimum Gasteiger partial charge on any atom is -0.457 e. The smallest absolute Gasteiger partial charge is 0.309 e. The third kappa shape index (κ3) is 8.56. The number of esters is 1. The second kappa shape index (κ2) is 18.4. The van der Waals surface area contributed by atoms with E-state index >= 15 is 0 Å². The molecule has 1 N–H and O–H groups in total. The van der Waals surface area contributed by atoms with Crippen LogP contribution in [0.3, 0.4) is 0 Å². The predicted octanol–water partition coefficient (Wildman–Crippen LogP) is 8.53. The molecule has 10 unspecified atom stereocenters. The van der Waals surface area contributed by atoms with Crippen molar-refractivity contribution in [3.63, 3.8) is 0 Å². The van der Waals surface area contributed by atoms with Crippen molar-refractivity contribution >= 4 is 32.0 Å². The molecule has 268 valence electrons. The third-order valence-corrected chi connectivity index (χ3v) is 11.6. The Labute approximate surface area is 287 Å². The van der Waals surface area contributed by atoms with Crippen molar-refractivity contribution in [3.05, 3.63) is 23.8 Å². The first-order chi connectivity index (χ1) is 22.2. The summed E-state index contributed by atoms with van der Waals surface area (Å²) in [6.07, 6.45) is 16.1. The van der Waals surface area contributed by atoms with Crippen LogP contribution in [0.2, 0.25) is 0 Å². The molecule has 4 aliphatic carbocycles. The normalized spacial score (nSPS) is 35.9. The molecule has 1 heterocycles. The zero-order chi connectivity index (χ0) is 35.6. The highest BCUT2D eigenvalue weighted by Gasteiger charge is 2.74. The van der Waals surface area contributed by atoms with Crippen LogP contribution in [0.15, 0.2) is 23.8 Å². The van der Waals surface area contributed by atoms with Crippen LogP contribution in [0.25, 0.3) is 0 Å². The van der Waals surface area contributed by atoms with Crippen molar-refractivity contribution in [2.75, 3.05) is 13.4 Å². The minimum absolute atomic E-state index is 0.00758. The van der Waals surface area contributed by atoms with Crippen LogP contribution in [0, 0.1) is 34.5 Å². The van der Waals surface area contributed by atoms with Gasteiger partial charge >= 0.3 is 5.97 Å². The molecule has 5 aliphatic rings. The summed E-state index contributed by atoms with van der Waals surface area (Å²) in [6.45, 7) is 20.5. The number of rotatable bonds is 8. The zero-order valence-corrected chi connectivity index (χ0v) is 32.0. The van der Waals surface area contributed by atoms with Gasteiger partial charge in [0.1, 0.15) is 6.79 Å². The molecular weight excluding hydrogens is 611 g/mol. The Morgan fingerprint density at radius 2 is 1.70 bits per heavy atom. The van der Waals surface area contributed by atoms with E-state index in [0.29, 0.717) is 24.9 Å². The van der Waals surface area contributed by atoms with Gasteiger partial charge in [-0.3, -0.25) is 14.4 Å². The first-order valence-electron chi connectivity index (χ1n) is 18.3. The largest absolute Gasteiger partial charge is 0.457 e. The van der Waals surface area contributed by atoms with E-state index in [1.807, 2.05) is 13.0 Å². The molecule has 1 aliphatic heterocycles. The maximum absolute atomic E-state index is 13.9. The van der Waals surface area contributed by atoms with Crippen molar-refractivity contribution < 1.29 is 33.7 Å². The fourth-order valence-electron chi connectivity index (χ4n) is 8.62. The Kier molecular flexibility index (Phi) is 16.2. The molecular formula is C39H65O7P. The highest BCUT2D eigenvalue weighted by Crippen LogP contribution is 2.69. The molecule has 5 rings (SSSR count). The Bertz CT molecular complexity index is 1130. The van der Waals surface area contributed by atoms with Crippen LogP contribution in [0.5, 0.6) is 0 Å². The van der Waals surface area contributed by atoms with E-state index in [9.17, 15) is 19.5 Å². The second-order valence-electron chi connectivity index (χ2n) is 14.8. The van der Waals surface area contributed by atoms with Crippen LogP contribution in [0.1, 0.15) is 127 Å². The third-order valence-electron chi connectivity index (χ3n) is 10.7. The number of allylic oxidation sites excluding steroid dienone is 4. The van der Waals surface area contributed by atoms with E-state index in [2.05, 4.69) is 68.6 Å². The van der Waals surface area contributed by atoms with Crippen LogP contribution in [0.4, 0.5) is 0 Å². The van der Waals surface area contributed by atoms with Crippen molar-refractivity contribution in [2.45, 2.75) is 150 Å². The van der Waals surface area contributed by atoms with Crippen molar-refractivity contribution in [3.8, 4) is 0 Å². The lowest BCUT2D eigenvalue weighted by Gasteiger charge is -2.59. The Hall–Kier alpha value is -1.66. The van der Waals surface area contributed by atoms with E-state index in [1.54, 1.807) is 12.2 Å². The standard InChI is InChI=1S/C30H41O7P.3C3H8/c1-17(6-7-18(2)38-5)27(34)35-15-24(33)30-25(36-16-37-30)13-22-21-9-8-19-12-20(31)10-11-28(19,3)26(21)23(32)14-29(22,30)4;3*1-3-2/h10-12,17-18,21-23,25-26,32H,5-9,13-16H2,1-4H3;3*3H2,1-2H3. The van der Waals surface area contributed by atoms with Crippen molar-refractivity contribution in [2.24, 2.45) is 34.5 Å². The van der Waals surface area contributed by atoms with Gasteiger partial charge in [0.2, 0.25) is 5.78 Å². The number of Topliss-reactive ketones (excluding diaryl/α,β-unsaturated/α-hetero) is 1. The van der Waals surface area contributed by atoms with E-state index in [-0.39, 0.29) is 60.0 Å². The molecule has 3 saturated carbocycles. The first-order valence-corrected chi connectivity index (χ1v) is 19.4. The van der Waals surface area contributed by atoms with Gasteiger partial charge in [-0.2, -0.15) is 0 Å². The van der Waals surface area contributed by atoms with Gasteiger partial charge < -0.3 is 19.3 Å². The number of fused-ring (bicyclic) bond motifs is 7. The summed E-state index contributed by atoms with van der Waals surface area (Å²) in [6, 6.07) is 0. The number of aliphatic hydroxyl groups is 1. The molecule has 0 radical (unpaired) electrons. The van der Waals surface area contributed by atoms with Crippen LogP contribution in [-0.4, -0.2) is 65.8 Å². The van der Waals surface area contributed by atoms with E-state index in [4.69, 9.17) is 14.2 Å². The van der Waals surface area contributed by atoms with Gasteiger partial charge in [-0.15, -0.1) is 8.20 Å². The summed E-state index contributed by atoms with van der Waals surface area (Å²) < 4.78 is 17.8. The molecule has 4 fully saturated rings. The number of ether oxygens (including phenoxy) is 3. The molecule has 7 nitrogen and oxygen atoms in total. The van der Waals surface area contributed by atoms with Gasteiger partial charge in [0.25, 0.3) is 0 Å². The van der Waals surface area contributed by atoms with E-state index in [1.165, 1.54) is 19.3 Å². The summed E-state index contributed by atoms with van der Waals surface area (Å²) in [5, 5.41) is 11.7. The maximum atomic E-state index is 13.9. The lowest BCUT2D eigenvalue weighted by molar-refractivity contribution is -0.188. The van der Waals surface area contributed by atoms with Crippen molar-refractivity contribution in [1.82, 2.24) is 0 Å². The number of carbonyl (C=O) groups is 3. The maximum Gasteiger partial charge on any atom is 0.309 e. The molecule has 0 aromatic heterocycles. The first kappa shape index (κ1) is 41.5. The van der Waals surface area contributed by atoms with Gasteiger partial charge in [-0.1, -0.05) is 106 Å². The Morgan fingerprint density at radius 3 is 2.30 bits per heavy atom. The summed E-state index contributed by atoms with van der Waals surface area (Å²) in [5.41, 5.74) is -0.784. The average Bonchev–Trinajstić information content (AvgIpc) is 3.56. The minimum atomic E-state index is -1.25. The van der Waals surface area contributed by atoms with Gasteiger partial charge in [0.05, 0.1) is 18.1 Å². The number of carbonyl (C=O) groups excluding carboxylic acids is 3. The van der Waals surface area contributed by atoms with Crippen LogP contribution in [-0.2, 0) is 28.6 Å². The molecule has 1 saturated heterocycles. The van der Waals surface area contributed by atoms with Gasteiger partial charge in [-0.05, 0) is 68.2 Å². The lowest BCUT2D eigenvalue weighted by atomic mass is 9.46. The molecule has 0 bridgehead atoms. The monoisotopic (exact) mass is 676 g/mol. The highest BCUT2D eigenvalue weighted by molar-refractivity contribution is 7.37. The molecule has 0 aromatic carbocycles. The molecule has 8 heteroatoms. The topological polar surface area (TPSA) is 99.1 Å². The summed E-state index contributed by atoms with van der Waals surface area (Å²) in [7, 11) is 1.05. The molecule has 0 aromatic rings. The van der Waals surface area contributed by atoms with E-state index < -0.39 is 23.2 Å². The van der Waals surface area contributed by atoms with E-state index in [0.717, 1.165) is 33.0 Å². The Morgan fingerprint density at radius 1 is 1.09 bits per heavy atom. The van der Waals surface area contributed by atoms with Gasteiger partial charge in [0.15, 0.2) is 18.0 Å².